The summed E-state index contributed by atoms with van der Waals surface area (Å²) < 4.78 is 5.57. The first-order chi connectivity index (χ1) is 14.5. The molecule has 3 heterocycles. The van der Waals surface area contributed by atoms with Gasteiger partial charge in [-0.2, -0.15) is 0 Å². The maximum atomic E-state index is 13.6. The van der Waals surface area contributed by atoms with Crippen molar-refractivity contribution in [2.24, 2.45) is 5.92 Å². The third-order valence-corrected chi connectivity index (χ3v) is 6.75. The Kier molecular flexibility index (Phi) is 6.09. The number of piperidine rings is 1. The Bertz CT molecular complexity index is 783. The molecule has 0 radical (unpaired) electrons. The summed E-state index contributed by atoms with van der Waals surface area (Å²) in [6.07, 6.45) is 3.39. The number of carbonyl (C=O) groups excluding carboxylic acids is 3. The molecule has 30 heavy (non-hydrogen) atoms. The van der Waals surface area contributed by atoms with Gasteiger partial charge in [-0.05, 0) is 31.2 Å². The van der Waals surface area contributed by atoms with E-state index in [-0.39, 0.29) is 23.8 Å². The predicted octanol–water partition coefficient (Wildman–Crippen LogP) is 2.65. The Labute approximate surface area is 177 Å². The summed E-state index contributed by atoms with van der Waals surface area (Å²) >= 11 is 0. The lowest BCUT2D eigenvalue weighted by atomic mass is 9.85. The van der Waals surface area contributed by atoms with Crippen molar-refractivity contribution < 1.29 is 19.1 Å². The molecule has 1 aromatic carbocycles. The van der Waals surface area contributed by atoms with Crippen molar-refractivity contribution in [2.45, 2.75) is 51.1 Å². The lowest BCUT2D eigenvalue weighted by Gasteiger charge is -2.42. The van der Waals surface area contributed by atoms with Crippen molar-refractivity contribution in [1.29, 1.82) is 0 Å². The third kappa shape index (κ3) is 3.83. The monoisotopic (exact) mass is 413 g/mol. The normalized spacial score (nSPS) is 24.0. The van der Waals surface area contributed by atoms with Crippen LogP contribution in [0, 0.1) is 5.92 Å². The lowest BCUT2D eigenvalue weighted by Crippen LogP contribution is -2.57. The van der Waals surface area contributed by atoms with E-state index < -0.39 is 5.54 Å². The zero-order valence-corrected chi connectivity index (χ0v) is 17.7. The molecule has 162 valence electrons. The first kappa shape index (κ1) is 20.8. The first-order valence-corrected chi connectivity index (χ1v) is 11.1. The van der Waals surface area contributed by atoms with Crippen molar-refractivity contribution in [1.82, 2.24) is 14.7 Å². The Morgan fingerprint density at radius 1 is 1.17 bits per heavy atom. The van der Waals surface area contributed by atoms with E-state index in [1.165, 1.54) is 4.90 Å². The molecule has 0 aliphatic carbocycles. The van der Waals surface area contributed by atoms with Crippen molar-refractivity contribution in [3.05, 3.63) is 35.9 Å². The largest absolute Gasteiger partial charge is 0.381 e. The molecule has 3 aliphatic heterocycles. The molecule has 3 fully saturated rings. The van der Waals surface area contributed by atoms with Crippen LogP contribution in [0.15, 0.2) is 30.3 Å². The summed E-state index contributed by atoms with van der Waals surface area (Å²) in [7, 11) is 0. The number of rotatable bonds is 5. The van der Waals surface area contributed by atoms with Crippen LogP contribution in [0.1, 0.15) is 44.6 Å². The highest BCUT2D eigenvalue weighted by atomic mass is 16.5. The minimum atomic E-state index is -0.854. The number of amides is 4. The van der Waals surface area contributed by atoms with Gasteiger partial charge in [0.25, 0.3) is 5.91 Å². The molecule has 0 N–H and O–H groups in total. The zero-order valence-electron chi connectivity index (χ0n) is 17.7. The van der Waals surface area contributed by atoms with E-state index in [0.717, 1.165) is 25.0 Å². The summed E-state index contributed by atoms with van der Waals surface area (Å²) in [5, 5.41) is 0. The van der Waals surface area contributed by atoms with Crippen LogP contribution in [-0.4, -0.2) is 70.9 Å². The first-order valence-electron chi connectivity index (χ1n) is 11.1. The Morgan fingerprint density at radius 2 is 1.90 bits per heavy atom. The highest BCUT2D eigenvalue weighted by Crippen LogP contribution is 2.39. The molecule has 4 amide bonds. The van der Waals surface area contributed by atoms with E-state index in [1.54, 1.807) is 4.90 Å². The number of nitrogens with zero attached hydrogens (tertiary/aromatic N) is 3. The fraction of sp³-hybridized carbons (Fsp3) is 0.609. The molecule has 4 rings (SSSR count). The van der Waals surface area contributed by atoms with Crippen molar-refractivity contribution in [3.8, 4) is 0 Å². The minimum Gasteiger partial charge on any atom is -0.381 e. The van der Waals surface area contributed by atoms with E-state index >= 15 is 0 Å². The molecule has 0 saturated carbocycles. The van der Waals surface area contributed by atoms with Crippen molar-refractivity contribution >= 4 is 17.8 Å². The second-order valence-electron chi connectivity index (χ2n) is 8.62. The number of hydrogen-bond donors (Lipinski definition) is 0. The van der Waals surface area contributed by atoms with Crippen LogP contribution in [-0.2, 0) is 20.9 Å². The highest BCUT2D eigenvalue weighted by molar-refractivity contribution is 6.07. The van der Waals surface area contributed by atoms with E-state index in [2.05, 4.69) is 0 Å². The third-order valence-electron chi connectivity index (χ3n) is 6.75. The molecule has 7 nitrogen and oxygen atoms in total. The van der Waals surface area contributed by atoms with E-state index in [9.17, 15) is 14.4 Å². The van der Waals surface area contributed by atoms with E-state index in [4.69, 9.17) is 4.74 Å². The molecule has 0 bridgehead atoms. The zero-order chi connectivity index (χ0) is 21.1. The van der Waals surface area contributed by atoms with Gasteiger partial charge < -0.3 is 14.5 Å². The average Bonchev–Trinajstić information content (AvgIpc) is 2.97. The summed E-state index contributed by atoms with van der Waals surface area (Å²) in [6.45, 7) is 5.06. The second kappa shape index (κ2) is 8.76. The topological polar surface area (TPSA) is 70.2 Å². The molecule has 0 aromatic heterocycles. The standard InChI is InChI=1S/C23H31N3O4/c1-2-20(27)24-12-10-23(11-13-24)21(28)25(15-19-9-6-14-30-17-19)22(29)26(23)16-18-7-4-3-5-8-18/h3-5,7-8,19H,2,6,9-17H2,1H3. The van der Waals surface area contributed by atoms with Crippen molar-refractivity contribution in [2.75, 3.05) is 32.8 Å². The SMILES string of the molecule is CCC(=O)N1CCC2(CC1)C(=O)N(CC1CCCOC1)C(=O)N2Cc1ccccc1. The van der Waals surface area contributed by atoms with Crippen LogP contribution in [0.25, 0.3) is 0 Å². The van der Waals surface area contributed by atoms with Gasteiger partial charge in [0.2, 0.25) is 5.91 Å². The van der Waals surface area contributed by atoms with Crippen LogP contribution in [0.4, 0.5) is 4.79 Å². The van der Waals surface area contributed by atoms with Gasteiger partial charge >= 0.3 is 6.03 Å². The second-order valence-corrected chi connectivity index (χ2v) is 8.62. The Morgan fingerprint density at radius 3 is 2.53 bits per heavy atom. The number of likely N-dealkylation sites (tertiary alicyclic amines) is 1. The van der Waals surface area contributed by atoms with Gasteiger partial charge in [0.15, 0.2) is 0 Å². The van der Waals surface area contributed by atoms with Crippen LogP contribution in [0.5, 0.6) is 0 Å². The Balaban J connectivity index is 1.58. The Hall–Kier alpha value is -2.41. The van der Waals surface area contributed by atoms with Crippen LogP contribution in [0.3, 0.4) is 0 Å². The number of imide groups is 1. The molecule has 1 unspecified atom stereocenters. The van der Waals surface area contributed by atoms with Gasteiger partial charge in [-0.3, -0.25) is 14.5 Å². The number of urea groups is 1. The van der Waals surface area contributed by atoms with Gasteiger partial charge in [-0.1, -0.05) is 37.3 Å². The number of hydrogen-bond acceptors (Lipinski definition) is 4. The smallest absolute Gasteiger partial charge is 0.327 e. The fourth-order valence-corrected chi connectivity index (χ4v) is 4.97. The maximum Gasteiger partial charge on any atom is 0.327 e. The molecule has 1 atom stereocenters. The number of benzene rings is 1. The van der Waals surface area contributed by atoms with Crippen LogP contribution < -0.4 is 0 Å². The minimum absolute atomic E-state index is 0.0994. The van der Waals surface area contributed by atoms with Crippen LogP contribution in [0.2, 0.25) is 0 Å². The lowest BCUT2D eigenvalue weighted by molar-refractivity contribution is -0.141. The van der Waals surface area contributed by atoms with E-state index in [1.807, 2.05) is 42.2 Å². The molecule has 7 heteroatoms. The summed E-state index contributed by atoms with van der Waals surface area (Å²) in [5.74, 6) is 0.201. The number of ether oxygens (including phenoxy) is 1. The van der Waals surface area contributed by atoms with Gasteiger partial charge in [0.05, 0.1) is 6.61 Å². The van der Waals surface area contributed by atoms with Gasteiger partial charge in [0, 0.05) is 45.1 Å². The predicted molar refractivity (Wildman–Crippen MR) is 111 cm³/mol. The summed E-state index contributed by atoms with van der Waals surface area (Å²) in [5.41, 5.74) is 0.153. The highest BCUT2D eigenvalue weighted by Gasteiger charge is 2.58. The molecule has 3 aliphatic rings. The van der Waals surface area contributed by atoms with E-state index in [0.29, 0.717) is 52.0 Å². The molecule has 1 aromatic rings. The fourth-order valence-electron chi connectivity index (χ4n) is 4.97. The van der Waals surface area contributed by atoms with Crippen molar-refractivity contribution in [3.63, 3.8) is 0 Å². The van der Waals surface area contributed by atoms with Gasteiger partial charge in [0.1, 0.15) is 5.54 Å². The molecule has 1 spiro atoms. The van der Waals surface area contributed by atoms with Gasteiger partial charge in [-0.15, -0.1) is 0 Å². The molecular weight excluding hydrogens is 382 g/mol. The number of carbonyl (C=O) groups is 3. The molecular formula is C23H31N3O4. The van der Waals surface area contributed by atoms with Gasteiger partial charge in [-0.25, -0.2) is 4.79 Å². The molecule has 3 saturated heterocycles. The summed E-state index contributed by atoms with van der Waals surface area (Å²) in [6, 6.07) is 9.61. The quantitative estimate of drug-likeness (QED) is 0.696. The average molecular weight is 414 g/mol. The maximum absolute atomic E-state index is 13.6. The van der Waals surface area contributed by atoms with Crippen LogP contribution >= 0.6 is 0 Å². The summed E-state index contributed by atoms with van der Waals surface area (Å²) in [4.78, 5) is 44.3.